The summed E-state index contributed by atoms with van der Waals surface area (Å²) in [6.07, 6.45) is 3.73. The monoisotopic (exact) mass is 439 g/mol. The van der Waals surface area contributed by atoms with Crippen LogP contribution in [0.5, 0.6) is 5.75 Å². The lowest BCUT2D eigenvalue weighted by atomic mass is 9.63. The van der Waals surface area contributed by atoms with Crippen molar-refractivity contribution in [3.63, 3.8) is 0 Å². The van der Waals surface area contributed by atoms with E-state index in [4.69, 9.17) is 18.9 Å². The summed E-state index contributed by atoms with van der Waals surface area (Å²) in [6.45, 7) is 3.66. The van der Waals surface area contributed by atoms with Gasteiger partial charge in [-0.3, -0.25) is 0 Å². The lowest BCUT2D eigenvalue weighted by molar-refractivity contribution is -0.186. The molecular weight excluding hydrogens is 406 g/mol. The van der Waals surface area contributed by atoms with E-state index >= 15 is 0 Å². The van der Waals surface area contributed by atoms with Gasteiger partial charge in [-0.2, -0.15) is 0 Å². The van der Waals surface area contributed by atoms with Crippen molar-refractivity contribution in [2.75, 3.05) is 20.3 Å². The Kier molecular flexibility index (Phi) is 7.01. The molecular formula is C26H33NO5. The van der Waals surface area contributed by atoms with Crippen molar-refractivity contribution >= 4 is 6.09 Å². The highest BCUT2D eigenvalue weighted by Crippen LogP contribution is 2.49. The number of alkyl carbamates (subject to hydrolysis) is 1. The molecule has 2 aromatic rings. The van der Waals surface area contributed by atoms with Crippen LogP contribution in [0.25, 0.3) is 0 Å². The van der Waals surface area contributed by atoms with Crippen LogP contribution in [0.15, 0.2) is 54.6 Å². The second-order valence-corrected chi connectivity index (χ2v) is 8.66. The molecule has 172 valence electrons. The number of benzene rings is 2. The molecule has 0 radical (unpaired) electrons. The molecule has 0 aromatic heterocycles. The molecule has 1 saturated carbocycles. The molecule has 4 rings (SSSR count). The Balaban J connectivity index is 1.52. The Morgan fingerprint density at radius 3 is 2.25 bits per heavy atom. The van der Waals surface area contributed by atoms with Gasteiger partial charge in [0, 0.05) is 24.3 Å². The number of nitrogens with one attached hydrogen (secondary N) is 1. The van der Waals surface area contributed by atoms with Gasteiger partial charge < -0.3 is 24.3 Å². The van der Waals surface area contributed by atoms with Gasteiger partial charge in [0.25, 0.3) is 0 Å². The van der Waals surface area contributed by atoms with Gasteiger partial charge in [0.15, 0.2) is 5.79 Å². The second kappa shape index (κ2) is 9.92. The molecule has 1 heterocycles. The van der Waals surface area contributed by atoms with Crippen molar-refractivity contribution in [3.05, 3.63) is 65.7 Å². The van der Waals surface area contributed by atoms with Crippen molar-refractivity contribution in [1.82, 2.24) is 5.32 Å². The third-order valence-electron chi connectivity index (χ3n) is 6.96. The molecule has 2 aliphatic rings. The average molecular weight is 440 g/mol. The van der Waals surface area contributed by atoms with E-state index in [0.29, 0.717) is 13.2 Å². The number of hydrogen-bond donors (Lipinski definition) is 1. The van der Waals surface area contributed by atoms with Crippen molar-refractivity contribution in [3.8, 4) is 5.75 Å². The van der Waals surface area contributed by atoms with Crippen LogP contribution in [0.2, 0.25) is 0 Å². The van der Waals surface area contributed by atoms with Crippen molar-refractivity contribution in [2.45, 2.75) is 62.9 Å². The molecule has 1 saturated heterocycles. The van der Waals surface area contributed by atoms with Gasteiger partial charge in [-0.05, 0) is 42.5 Å². The first-order chi connectivity index (χ1) is 15.6. The second-order valence-electron chi connectivity index (χ2n) is 8.66. The van der Waals surface area contributed by atoms with Crippen LogP contribution in [-0.2, 0) is 26.2 Å². The van der Waals surface area contributed by atoms with Gasteiger partial charge in [-0.25, -0.2) is 4.79 Å². The normalized spacial score (nSPS) is 19.9. The highest BCUT2D eigenvalue weighted by atomic mass is 16.7. The lowest BCUT2D eigenvalue weighted by Gasteiger charge is -2.48. The van der Waals surface area contributed by atoms with Crippen LogP contribution in [-0.4, -0.2) is 38.2 Å². The van der Waals surface area contributed by atoms with Crippen LogP contribution in [0.3, 0.4) is 0 Å². The number of methoxy groups -OCH3 is 1. The van der Waals surface area contributed by atoms with E-state index in [1.807, 2.05) is 42.5 Å². The number of carbonyl (C=O) groups excluding carboxylic acids is 1. The van der Waals surface area contributed by atoms with E-state index in [0.717, 1.165) is 43.4 Å². The smallest absolute Gasteiger partial charge is 0.407 e. The van der Waals surface area contributed by atoms with Gasteiger partial charge in [-0.1, -0.05) is 49.4 Å². The maximum Gasteiger partial charge on any atom is 0.407 e. The quantitative estimate of drug-likeness (QED) is 0.661. The van der Waals surface area contributed by atoms with Gasteiger partial charge in [0.2, 0.25) is 0 Å². The predicted molar refractivity (Wildman–Crippen MR) is 122 cm³/mol. The van der Waals surface area contributed by atoms with Crippen LogP contribution >= 0.6 is 0 Å². The van der Waals surface area contributed by atoms with Crippen molar-refractivity contribution < 1.29 is 23.7 Å². The summed E-state index contributed by atoms with van der Waals surface area (Å²) in [6, 6.07) is 17.9. The summed E-state index contributed by atoms with van der Waals surface area (Å²) in [5.41, 5.74) is 1.94. The molecule has 1 aliphatic carbocycles. The Morgan fingerprint density at radius 2 is 1.66 bits per heavy atom. The molecule has 1 N–H and O–H groups in total. The number of amides is 1. The van der Waals surface area contributed by atoms with E-state index in [-0.39, 0.29) is 24.2 Å². The maximum atomic E-state index is 12.7. The number of carbonyl (C=O) groups is 1. The van der Waals surface area contributed by atoms with E-state index in [1.54, 1.807) is 7.11 Å². The third kappa shape index (κ3) is 4.76. The molecule has 1 spiro atoms. The predicted octanol–water partition coefficient (Wildman–Crippen LogP) is 4.96. The summed E-state index contributed by atoms with van der Waals surface area (Å²) < 4.78 is 22.9. The van der Waals surface area contributed by atoms with Crippen LogP contribution in [0, 0.1) is 0 Å². The standard InChI is InChI=1S/C26H33NO5/c1-3-23(27-24(28)30-19-20-7-5-4-6-8-20)25(21-9-11-22(29-2)12-10-21)13-15-26(16-14-25)31-17-18-32-26/h4-12,23H,3,13-19H2,1-2H3,(H,27,28). The summed E-state index contributed by atoms with van der Waals surface area (Å²) in [4.78, 5) is 12.7. The van der Waals surface area contributed by atoms with Gasteiger partial charge in [-0.15, -0.1) is 0 Å². The minimum atomic E-state index is -0.470. The molecule has 1 unspecified atom stereocenters. The zero-order valence-electron chi connectivity index (χ0n) is 19.0. The molecule has 2 fully saturated rings. The molecule has 32 heavy (non-hydrogen) atoms. The largest absolute Gasteiger partial charge is 0.497 e. The highest BCUT2D eigenvalue weighted by molar-refractivity contribution is 5.68. The summed E-state index contributed by atoms with van der Waals surface area (Å²) >= 11 is 0. The first-order valence-electron chi connectivity index (χ1n) is 11.5. The van der Waals surface area contributed by atoms with Crippen LogP contribution in [0.4, 0.5) is 4.79 Å². The van der Waals surface area contributed by atoms with E-state index in [9.17, 15) is 4.79 Å². The first kappa shape index (κ1) is 22.6. The van der Waals surface area contributed by atoms with Crippen LogP contribution < -0.4 is 10.1 Å². The van der Waals surface area contributed by atoms with Gasteiger partial charge in [0.1, 0.15) is 12.4 Å². The summed E-state index contributed by atoms with van der Waals surface area (Å²) in [7, 11) is 1.67. The summed E-state index contributed by atoms with van der Waals surface area (Å²) in [5.74, 6) is 0.351. The van der Waals surface area contributed by atoms with Crippen molar-refractivity contribution in [1.29, 1.82) is 0 Å². The maximum absolute atomic E-state index is 12.7. The fourth-order valence-electron chi connectivity index (χ4n) is 5.16. The number of hydrogen-bond acceptors (Lipinski definition) is 5. The fourth-order valence-corrected chi connectivity index (χ4v) is 5.16. The van der Waals surface area contributed by atoms with E-state index in [2.05, 4.69) is 24.4 Å². The number of ether oxygens (including phenoxy) is 4. The van der Waals surface area contributed by atoms with Crippen molar-refractivity contribution in [2.24, 2.45) is 0 Å². The highest BCUT2D eigenvalue weighted by Gasteiger charge is 2.50. The minimum absolute atomic E-state index is 0.0714. The van der Waals surface area contributed by atoms with E-state index in [1.165, 1.54) is 5.56 Å². The first-order valence-corrected chi connectivity index (χ1v) is 11.5. The fraction of sp³-hybridized carbons (Fsp3) is 0.500. The SMILES string of the molecule is CCC(NC(=O)OCc1ccccc1)C1(c2ccc(OC)cc2)CCC2(CC1)OCCO2. The molecule has 1 aliphatic heterocycles. The molecule has 0 bridgehead atoms. The molecule has 1 atom stereocenters. The number of rotatable bonds is 7. The Morgan fingerprint density at radius 1 is 1.00 bits per heavy atom. The average Bonchev–Trinajstić information content (AvgIpc) is 3.31. The molecule has 6 nitrogen and oxygen atoms in total. The molecule has 6 heteroatoms. The molecule has 2 aromatic carbocycles. The lowest BCUT2D eigenvalue weighted by Crippen LogP contribution is -2.54. The minimum Gasteiger partial charge on any atom is -0.497 e. The van der Waals surface area contributed by atoms with E-state index < -0.39 is 5.79 Å². The zero-order chi connectivity index (χ0) is 22.4. The van der Waals surface area contributed by atoms with Gasteiger partial charge >= 0.3 is 6.09 Å². The Hall–Kier alpha value is -2.57. The zero-order valence-corrected chi connectivity index (χ0v) is 19.0. The third-order valence-corrected chi connectivity index (χ3v) is 6.96. The summed E-state index contributed by atoms with van der Waals surface area (Å²) in [5, 5.41) is 3.18. The Bertz CT molecular complexity index is 867. The molecule has 1 amide bonds. The topological polar surface area (TPSA) is 66.0 Å². The van der Waals surface area contributed by atoms with Gasteiger partial charge in [0.05, 0.1) is 20.3 Å². The van der Waals surface area contributed by atoms with Crippen LogP contribution in [0.1, 0.15) is 50.2 Å². The Labute approximate surface area is 190 Å².